The Balaban J connectivity index is 1.47. The van der Waals surface area contributed by atoms with Crippen LogP contribution in [-0.2, 0) is 28.5 Å². The highest BCUT2D eigenvalue weighted by molar-refractivity contribution is 5.73. The third kappa shape index (κ3) is 9.61. The molecule has 0 amide bonds. The molecule has 0 heterocycles. The number of halogens is 8. The topological polar surface area (TPSA) is 89.5 Å². The first kappa shape index (κ1) is 34.9. The van der Waals surface area contributed by atoms with Crippen molar-refractivity contribution in [2.24, 2.45) is 0 Å². The van der Waals surface area contributed by atoms with Gasteiger partial charge in [0.25, 0.3) is 0 Å². The van der Waals surface area contributed by atoms with Gasteiger partial charge in [-0.05, 0) is 13.8 Å². The SMILES string of the molecule is Cc1c(F)c(F)c(F)c(OC(=O)CCOCCOCCOCCOCCC(=O)Oc2c(C)c(F)c(F)c(F)c2F)c1F. The van der Waals surface area contributed by atoms with E-state index in [1.54, 1.807) is 0 Å². The van der Waals surface area contributed by atoms with Crippen molar-refractivity contribution in [1.29, 1.82) is 0 Å². The van der Waals surface area contributed by atoms with Gasteiger partial charge in [0.15, 0.2) is 34.8 Å². The molecule has 8 nitrogen and oxygen atoms in total. The number of ether oxygens (including phenoxy) is 6. The van der Waals surface area contributed by atoms with Crippen molar-refractivity contribution in [2.45, 2.75) is 26.7 Å². The smallest absolute Gasteiger partial charge is 0.313 e. The van der Waals surface area contributed by atoms with Gasteiger partial charge in [0.2, 0.25) is 23.2 Å². The molecule has 0 aliphatic carbocycles. The van der Waals surface area contributed by atoms with E-state index in [0.717, 1.165) is 13.8 Å². The minimum Gasteiger partial charge on any atom is -0.423 e. The monoisotopic (exact) mass is 618 g/mol. The van der Waals surface area contributed by atoms with Crippen molar-refractivity contribution < 1.29 is 73.1 Å². The summed E-state index contributed by atoms with van der Waals surface area (Å²) in [6.45, 7) is 2.01. The normalized spacial score (nSPS) is 11.2. The predicted octanol–water partition coefficient (Wildman–Crippen LogP) is 4.77. The number of benzene rings is 2. The molecule has 0 aliphatic rings. The fraction of sp³-hybridized carbons (Fsp3) is 0.462. The number of carbonyl (C=O) groups excluding carboxylic acids is 2. The lowest BCUT2D eigenvalue weighted by Crippen LogP contribution is -2.17. The average Bonchev–Trinajstić information content (AvgIpc) is 2.97. The van der Waals surface area contributed by atoms with E-state index in [0.29, 0.717) is 0 Å². The summed E-state index contributed by atoms with van der Waals surface area (Å²) < 4.78 is 138. The highest BCUT2D eigenvalue weighted by Gasteiger charge is 2.27. The van der Waals surface area contributed by atoms with Crippen LogP contribution in [0.1, 0.15) is 24.0 Å². The lowest BCUT2D eigenvalue weighted by Gasteiger charge is -2.11. The molecule has 0 atom stereocenters. The largest absolute Gasteiger partial charge is 0.423 e. The zero-order chi connectivity index (χ0) is 31.4. The summed E-state index contributed by atoms with van der Waals surface area (Å²) in [4.78, 5) is 23.5. The molecule has 2 rings (SSSR count). The van der Waals surface area contributed by atoms with Gasteiger partial charge in [-0.2, -0.15) is 8.78 Å². The standard InChI is InChI=1S/C26H26F8O8/c1-13-17(27)21(31)24(34)26(19(13)29)42-16(36)4-6-38-8-10-40-12-11-39-9-7-37-5-3-15(35)41-25-14(2)18(28)20(30)22(32)23(25)33/h3-12H2,1-2H3. The van der Waals surface area contributed by atoms with E-state index in [1.807, 2.05) is 0 Å². The maximum atomic E-state index is 13.9. The van der Waals surface area contributed by atoms with Crippen LogP contribution in [0.15, 0.2) is 0 Å². The Hall–Kier alpha value is -3.34. The van der Waals surface area contributed by atoms with Crippen LogP contribution >= 0.6 is 0 Å². The molecule has 0 unspecified atom stereocenters. The van der Waals surface area contributed by atoms with Crippen molar-refractivity contribution >= 4 is 11.9 Å². The molecule has 0 bridgehead atoms. The average molecular weight is 618 g/mol. The molecule has 0 N–H and O–H groups in total. The van der Waals surface area contributed by atoms with Gasteiger partial charge in [-0.1, -0.05) is 0 Å². The quantitative estimate of drug-likeness (QED) is 0.0626. The third-order valence-corrected chi connectivity index (χ3v) is 5.34. The Labute approximate surface area is 234 Å². The highest BCUT2D eigenvalue weighted by Crippen LogP contribution is 2.31. The van der Waals surface area contributed by atoms with Crippen molar-refractivity contribution in [2.75, 3.05) is 52.9 Å². The minimum atomic E-state index is -2.10. The maximum Gasteiger partial charge on any atom is 0.313 e. The van der Waals surface area contributed by atoms with Gasteiger partial charge in [0, 0.05) is 11.1 Å². The van der Waals surface area contributed by atoms with Gasteiger partial charge in [-0.3, -0.25) is 9.59 Å². The maximum absolute atomic E-state index is 13.9. The van der Waals surface area contributed by atoms with Crippen molar-refractivity contribution in [3.63, 3.8) is 0 Å². The number of hydrogen-bond donors (Lipinski definition) is 0. The lowest BCUT2D eigenvalue weighted by atomic mass is 10.2. The molecule has 16 heteroatoms. The molecule has 0 radical (unpaired) electrons. The molecule has 2 aromatic rings. The van der Waals surface area contributed by atoms with Crippen LogP contribution in [0.4, 0.5) is 35.1 Å². The number of carbonyl (C=O) groups is 2. The molecular formula is C26H26F8O8. The second-order valence-electron chi connectivity index (χ2n) is 8.32. The Bertz CT molecular complexity index is 1100. The molecule has 42 heavy (non-hydrogen) atoms. The van der Waals surface area contributed by atoms with Crippen LogP contribution in [-0.4, -0.2) is 64.8 Å². The molecule has 0 fully saturated rings. The van der Waals surface area contributed by atoms with Gasteiger partial charge < -0.3 is 28.4 Å². The van der Waals surface area contributed by atoms with E-state index in [2.05, 4.69) is 9.47 Å². The van der Waals surface area contributed by atoms with Crippen LogP contribution in [0, 0.1) is 60.4 Å². The summed E-state index contributed by atoms with van der Waals surface area (Å²) in [5, 5.41) is 0. The Morgan fingerprint density at radius 1 is 0.429 bits per heavy atom. The van der Waals surface area contributed by atoms with E-state index in [9.17, 15) is 44.7 Å². The summed E-state index contributed by atoms with van der Waals surface area (Å²) in [6, 6.07) is 0. The molecular weight excluding hydrogens is 592 g/mol. The minimum absolute atomic E-state index is 0.0418. The molecule has 2 aromatic carbocycles. The summed E-state index contributed by atoms with van der Waals surface area (Å²) in [5.74, 6) is -19.3. The number of rotatable bonds is 17. The second-order valence-corrected chi connectivity index (χ2v) is 8.32. The van der Waals surface area contributed by atoms with Crippen LogP contribution < -0.4 is 9.47 Å². The summed E-state index contributed by atoms with van der Waals surface area (Å²) in [6.07, 6.45) is -0.823. The number of hydrogen-bond acceptors (Lipinski definition) is 8. The summed E-state index contributed by atoms with van der Waals surface area (Å²) in [7, 11) is 0. The van der Waals surface area contributed by atoms with Crippen LogP contribution in [0.25, 0.3) is 0 Å². The molecule has 0 aliphatic heterocycles. The van der Waals surface area contributed by atoms with Crippen LogP contribution in [0.2, 0.25) is 0 Å². The Morgan fingerprint density at radius 2 is 0.762 bits per heavy atom. The van der Waals surface area contributed by atoms with Crippen molar-refractivity contribution in [3.05, 3.63) is 57.7 Å². The zero-order valence-corrected chi connectivity index (χ0v) is 22.4. The lowest BCUT2D eigenvalue weighted by molar-refractivity contribution is -0.137. The first-order chi connectivity index (χ1) is 19.9. The Morgan fingerprint density at radius 3 is 1.24 bits per heavy atom. The van der Waals surface area contributed by atoms with E-state index in [4.69, 9.17) is 18.9 Å². The summed E-state index contributed by atoms with van der Waals surface area (Å²) >= 11 is 0. The van der Waals surface area contributed by atoms with Gasteiger partial charge in [-0.25, -0.2) is 26.3 Å². The second kappa shape index (κ2) is 16.9. The zero-order valence-electron chi connectivity index (χ0n) is 22.4. The predicted molar refractivity (Wildman–Crippen MR) is 126 cm³/mol. The number of esters is 2. The fourth-order valence-electron chi connectivity index (χ4n) is 3.06. The third-order valence-electron chi connectivity index (χ3n) is 5.34. The van der Waals surface area contributed by atoms with Crippen molar-refractivity contribution in [1.82, 2.24) is 0 Å². The Kier molecular flexibility index (Phi) is 14.1. The van der Waals surface area contributed by atoms with E-state index in [1.165, 1.54) is 0 Å². The molecule has 0 saturated heterocycles. The van der Waals surface area contributed by atoms with E-state index in [-0.39, 0.29) is 52.9 Å². The summed E-state index contributed by atoms with van der Waals surface area (Å²) in [5.41, 5.74) is -1.54. The first-order valence-electron chi connectivity index (χ1n) is 12.3. The van der Waals surface area contributed by atoms with Gasteiger partial charge in [-0.15, -0.1) is 0 Å². The van der Waals surface area contributed by atoms with Gasteiger partial charge >= 0.3 is 11.9 Å². The first-order valence-corrected chi connectivity index (χ1v) is 12.3. The van der Waals surface area contributed by atoms with Crippen molar-refractivity contribution in [3.8, 4) is 11.5 Å². The van der Waals surface area contributed by atoms with Crippen LogP contribution in [0.3, 0.4) is 0 Å². The van der Waals surface area contributed by atoms with Gasteiger partial charge in [0.05, 0.1) is 65.7 Å². The molecule has 0 spiro atoms. The fourth-order valence-corrected chi connectivity index (χ4v) is 3.06. The molecule has 0 saturated carbocycles. The molecule has 234 valence electrons. The van der Waals surface area contributed by atoms with Crippen LogP contribution in [0.5, 0.6) is 11.5 Å². The molecule has 0 aromatic heterocycles. The van der Waals surface area contributed by atoms with E-state index >= 15 is 0 Å². The highest BCUT2D eigenvalue weighted by atomic mass is 19.2. The van der Waals surface area contributed by atoms with E-state index < -0.39 is 93.9 Å². The van der Waals surface area contributed by atoms with Gasteiger partial charge in [0.1, 0.15) is 0 Å².